The van der Waals surface area contributed by atoms with E-state index in [1.807, 2.05) is 11.9 Å². The SMILES string of the molecule is CN(C)CCCCC1CCC(=O)N(C)C1. The predicted octanol–water partition coefficient (Wildman–Crippen LogP) is 1.59. The van der Waals surface area contributed by atoms with Crippen molar-refractivity contribution in [2.24, 2.45) is 5.92 Å². The number of piperidine rings is 1. The minimum atomic E-state index is 0.319. The number of rotatable bonds is 5. The Bertz CT molecular complexity index is 204. The van der Waals surface area contributed by atoms with E-state index >= 15 is 0 Å². The summed E-state index contributed by atoms with van der Waals surface area (Å²) in [5, 5.41) is 0. The Morgan fingerprint density at radius 1 is 1.40 bits per heavy atom. The van der Waals surface area contributed by atoms with E-state index in [0.717, 1.165) is 25.3 Å². The Morgan fingerprint density at radius 2 is 2.13 bits per heavy atom. The highest BCUT2D eigenvalue weighted by Gasteiger charge is 2.21. The summed E-state index contributed by atoms with van der Waals surface area (Å²) in [6.07, 6.45) is 5.72. The number of likely N-dealkylation sites (tertiary alicyclic amines) is 1. The zero-order valence-electron chi connectivity index (χ0n) is 10.3. The normalized spacial score (nSPS) is 22.5. The van der Waals surface area contributed by atoms with Crippen molar-refractivity contribution in [1.82, 2.24) is 9.80 Å². The van der Waals surface area contributed by atoms with Gasteiger partial charge in [-0.3, -0.25) is 4.79 Å². The molecule has 1 fully saturated rings. The topological polar surface area (TPSA) is 23.6 Å². The monoisotopic (exact) mass is 212 g/mol. The van der Waals surface area contributed by atoms with Crippen molar-refractivity contribution >= 4 is 5.91 Å². The second-order valence-corrected chi connectivity index (χ2v) is 4.98. The van der Waals surface area contributed by atoms with Gasteiger partial charge in [-0.25, -0.2) is 0 Å². The van der Waals surface area contributed by atoms with E-state index in [-0.39, 0.29) is 0 Å². The van der Waals surface area contributed by atoms with E-state index in [1.54, 1.807) is 0 Å². The maximum atomic E-state index is 11.3. The molecule has 1 unspecified atom stereocenters. The van der Waals surface area contributed by atoms with Crippen LogP contribution in [0.15, 0.2) is 0 Å². The summed E-state index contributed by atoms with van der Waals surface area (Å²) >= 11 is 0. The van der Waals surface area contributed by atoms with Crippen LogP contribution in [0.1, 0.15) is 32.1 Å². The lowest BCUT2D eigenvalue weighted by molar-refractivity contribution is -0.133. The number of carbonyl (C=O) groups is 1. The van der Waals surface area contributed by atoms with E-state index in [1.165, 1.54) is 25.8 Å². The number of unbranched alkanes of at least 4 members (excludes halogenated alkanes) is 1. The van der Waals surface area contributed by atoms with Crippen molar-refractivity contribution in [3.63, 3.8) is 0 Å². The molecule has 0 spiro atoms. The number of hydrogen-bond acceptors (Lipinski definition) is 2. The molecule has 3 heteroatoms. The van der Waals surface area contributed by atoms with Gasteiger partial charge in [0.1, 0.15) is 0 Å². The molecular formula is C12H24N2O. The molecule has 15 heavy (non-hydrogen) atoms. The number of carbonyl (C=O) groups excluding carboxylic acids is 1. The molecule has 0 aromatic rings. The summed E-state index contributed by atoms with van der Waals surface area (Å²) in [5.41, 5.74) is 0. The van der Waals surface area contributed by atoms with Crippen molar-refractivity contribution in [2.75, 3.05) is 34.2 Å². The third-order valence-corrected chi connectivity index (χ3v) is 3.19. The van der Waals surface area contributed by atoms with Crippen molar-refractivity contribution in [3.05, 3.63) is 0 Å². The zero-order valence-corrected chi connectivity index (χ0v) is 10.3. The lowest BCUT2D eigenvalue weighted by atomic mass is 9.93. The van der Waals surface area contributed by atoms with Gasteiger partial charge in [0.2, 0.25) is 5.91 Å². The summed E-state index contributed by atoms with van der Waals surface area (Å²) in [6.45, 7) is 2.16. The van der Waals surface area contributed by atoms with Gasteiger partial charge in [0.05, 0.1) is 0 Å². The van der Waals surface area contributed by atoms with E-state index in [9.17, 15) is 4.79 Å². The molecular weight excluding hydrogens is 188 g/mol. The van der Waals surface area contributed by atoms with Crippen molar-refractivity contribution in [2.45, 2.75) is 32.1 Å². The number of nitrogens with zero attached hydrogens (tertiary/aromatic N) is 2. The summed E-state index contributed by atoms with van der Waals surface area (Å²) in [6, 6.07) is 0. The molecule has 1 amide bonds. The average molecular weight is 212 g/mol. The van der Waals surface area contributed by atoms with E-state index < -0.39 is 0 Å². The fourth-order valence-electron chi connectivity index (χ4n) is 2.20. The maximum absolute atomic E-state index is 11.3. The predicted molar refractivity (Wildman–Crippen MR) is 62.8 cm³/mol. The molecule has 3 nitrogen and oxygen atoms in total. The minimum absolute atomic E-state index is 0.319. The quantitative estimate of drug-likeness (QED) is 0.646. The Kier molecular flexibility index (Phi) is 5.09. The van der Waals surface area contributed by atoms with Crippen molar-refractivity contribution in [1.29, 1.82) is 0 Å². The van der Waals surface area contributed by atoms with Crippen molar-refractivity contribution in [3.8, 4) is 0 Å². The summed E-state index contributed by atoms with van der Waals surface area (Å²) in [7, 11) is 6.16. The van der Waals surface area contributed by atoms with Gasteiger partial charge in [0.25, 0.3) is 0 Å². The van der Waals surface area contributed by atoms with E-state index in [4.69, 9.17) is 0 Å². The minimum Gasteiger partial charge on any atom is -0.345 e. The highest BCUT2D eigenvalue weighted by Crippen LogP contribution is 2.21. The first kappa shape index (κ1) is 12.5. The molecule has 0 aromatic carbocycles. The van der Waals surface area contributed by atoms with Crippen LogP contribution in [0.25, 0.3) is 0 Å². The highest BCUT2D eigenvalue weighted by molar-refractivity contribution is 5.76. The lowest BCUT2D eigenvalue weighted by Crippen LogP contribution is -2.36. The standard InChI is InChI=1S/C12H24N2O/c1-13(2)9-5-4-6-11-7-8-12(15)14(3)10-11/h11H,4-10H2,1-3H3. The zero-order chi connectivity index (χ0) is 11.3. The molecule has 0 aromatic heterocycles. The molecule has 1 atom stereocenters. The van der Waals surface area contributed by atoms with Crippen LogP contribution in [0.4, 0.5) is 0 Å². The van der Waals surface area contributed by atoms with E-state index in [0.29, 0.717) is 5.91 Å². The molecule has 88 valence electrons. The molecule has 0 radical (unpaired) electrons. The first-order valence-electron chi connectivity index (χ1n) is 5.98. The maximum Gasteiger partial charge on any atom is 0.222 e. The summed E-state index contributed by atoms with van der Waals surface area (Å²) in [4.78, 5) is 15.4. The summed E-state index contributed by atoms with van der Waals surface area (Å²) in [5.74, 6) is 1.06. The number of hydrogen-bond donors (Lipinski definition) is 0. The van der Waals surface area contributed by atoms with Crippen LogP contribution < -0.4 is 0 Å². The van der Waals surface area contributed by atoms with Gasteiger partial charge in [-0.15, -0.1) is 0 Å². The molecule has 0 aliphatic carbocycles. The van der Waals surface area contributed by atoms with Crippen LogP contribution in [0.5, 0.6) is 0 Å². The smallest absolute Gasteiger partial charge is 0.222 e. The Hall–Kier alpha value is -0.570. The van der Waals surface area contributed by atoms with Gasteiger partial charge in [-0.2, -0.15) is 0 Å². The molecule has 0 N–H and O–H groups in total. The third-order valence-electron chi connectivity index (χ3n) is 3.19. The Balaban J connectivity index is 2.09. The van der Waals surface area contributed by atoms with Gasteiger partial charge in [0, 0.05) is 20.0 Å². The number of amides is 1. The second-order valence-electron chi connectivity index (χ2n) is 4.98. The fourth-order valence-corrected chi connectivity index (χ4v) is 2.20. The Labute approximate surface area is 93.4 Å². The molecule has 1 heterocycles. The first-order chi connectivity index (χ1) is 7.09. The van der Waals surface area contributed by atoms with Gasteiger partial charge >= 0.3 is 0 Å². The summed E-state index contributed by atoms with van der Waals surface area (Å²) < 4.78 is 0. The van der Waals surface area contributed by atoms with E-state index in [2.05, 4.69) is 19.0 Å². The average Bonchev–Trinajstić information content (AvgIpc) is 2.18. The third kappa shape index (κ3) is 4.65. The van der Waals surface area contributed by atoms with Crippen LogP contribution in [0, 0.1) is 5.92 Å². The molecule has 1 saturated heterocycles. The van der Waals surface area contributed by atoms with Gasteiger partial charge in [-0.05, 0) is 45.8 Å². The highest BCUT2D eigenvalue weighted by atomic mass is 16.2. The largest absolute Gasteiger partial charge is 0.345 e. The molecule has 1 aliphatic heterocycles. The van der Waals surface area contributed by atoms with Crippen LogP contribution in [0.2, 0.25) is 0 Å². The molecule has 1 aliphatic rings. The van der Waals surface area contributed by atoms with Gasteiger partial charge in [0.15, 0.2) is 0 Å². The first-order valence-corrected chi connectivity index (χ1v) is 5.98. The van der Waals surface area contributed by atoms with Gasteiger partial charge in [-0.1, -0.05) is 6.42 Å². The molecule has 0 bridgehead atoms. The molecule has 0 saturated carbocycles. The van der Waals surface area contributed by atoms with Crippen LogP contribution >= 0.6 is 0 Å². The molecule has 1 rings (SSSR count). The van der Waals surface area contributed by atoms with Crippen LogP contribution in [-0.2, 0) is 4.79 Å². The van der Waals surface area contributed by atoms with Gasteiger partial charge < -0.3 is 9.80 Å². The lowest BCUT2D eigenvalue weighted by Gasteiger charge is -2.29. The van der Waals surface area contributed by atoms with Crippen LogP contribution in [-0.4, -0.2) is 49.9 Å². The fraction of sp³-hybridized carbons (Fsp3) is 0.917. The Morgan fingerprint density at radius 3 is 2.73 bits per heavy atom. The second kappa shape index (κ2) is 6.11. The van der Waals surface area contributed by atoms with Crippen molar-refractivity contribution < 1.29 is 4.79 Å². The van der Waals surface area contributed by atoms with Crippen LogP contribution in [0.3, 0.4) is 0 Å².